The van der Waals surface area contributed by atoms with E-state index in [1.807, 2.05) is 0 Å². The van der Waals surface area contributed by atoms with Crippen molar-refractivity contribution < 1.29 is 43.0 Å². The van der Waals surface area contributed by atoms with Crippen molar-refractivity contribution in [2.24, 2.45) is 0 Å². The van der Waals surface area contributed by atoms with Gasteiger partial charge in [0.2, 0.25) is 0 Å². The summed E-state index contributed by atoms with van der Waals surface area (Å²) in [7, 11) is 0. The van der Waals surface area contributed by atoms with Gasteiger partial charge >= 0.3 is 0 Å². The lowest BCUT2D eigenvalue weighted by Gasteiger charge is -2.26. The molecule has 230 valence electrons. The van der Waals surface area contributed by atoms with Crippen LogP contribution in [0.4, 0.5) is 0 Å². The van der Waals surface area contributed by atoms with Crippen LogP contribution in [0.3, 0.4) is 0 Å². The molecule has 1 N–H and O–H groups in total. The van der Waals surface area contributed by atoms with Crippen molar-refractivity contribution in [1.29, 1.82) is 0 Å². The van der Waals surface area contributed by atoms with Crippen LogP contribution in [0, 0.1) is 6.92 Å². The van der Waals surface area contributed by atoms with Crippen LogP contribution in [0.25, 0.3) is 0 Å². The summed E-state index contributed by atoms with van der Waals surface area (Å²) < 4.78 is 45.2. The van der Waals surface area contributed by atoms with Crippen molar-refractivity contribution in [3.63, 3.8) is 0 Å². The number of nitrogens with zero attached hydrogens (tertiary/aromatic N) is 2. The Morgan fingerprint density at radius 2 is 0.725 bits per heavy atom. The van der Waals surface area contributed by atoms with Crippen molar-refractivity contribution in [3.8, 4) is 5.75 Å². The quantitative estimate of drug-likeness (QED) is 0.570. The van der Waals surface area contributed by atoms with E-state index in [9.17, 15) is 5.11 Å². The summed E-state index contributed by atoms with van der Waals surface area (Å²) in [6.45, 7) is 15.2. The van der Waals surface area contributed by atoms with Crippen molar-refractivity contribution in [2.45, 2.75) is 20.0 Å². The van der Waals surface area contributed by atoms with Crippen LogP contribution in [0.2, 0.25) is 0 Å². The molecule has 0 unspecified atom stereocenters. The summed E-state index contributed by atoms with van der Waals surface area (Å²) >= 11 is 0. The highest BCUT2D eigenvalue weighted by atomic mass is 16.6. The fourth-order valence-corrected chi connectivity index (χ4v) is 4.50. The third kappa shape index (κ3) is 14.5. The molecule has 11 heteroatoms. The second-order valence-electron chi connectivity index (χ2n) is 9.88. The van der Waals surface area contributed by atoms with E-state index in [2.05, 4.69) is 28.9 Å². The van der Waals surface area contributed by atoms with Gasteiger partial charge < -0.3 is 43.0 Å². The van der Waals surface area contributed by atoms with E-state index < -0.39 is 0 Å². The number of hydrogen-bond acceptors (Lipinski definition) is 11. The van der Waals surface area contributed by atoms with Crippen molar-refractivity contribution in [3.05, 3.63) is 28.8 Å². The first kappa shape index (κ1) is 33.1. The van der Waals surface area contributed by atoms with Crippen LogP contribution in [-0.2, 0) is 51.0 Å². The highest BCUT2D eigenvalue weighted by molar-refractivity contribution is 5.43. The van der Waals surface area contributed by atoms with E-state index in [1.54, 1.807) is 0 Å². The summed E-state index contributed by atoms with van der Waals surface area (Å²) in [6.07, 6.45) is 0. The average Bonchev–Trinajstić information content (AvgIpc) is 2.96. The minimum atomic E-state index is 0.338. The zero-order chi connectivity index (χ0) is 28.1. The van der Waals surface area contributed by atoms with Crippen molar-refractivity contribution in [2.75, 3.05) is 132 Å². The minimum Gasteiger partial charge on any atom is -0.507 e. The predicted octanol–water partition coefficient (Wildman–Crippen LogP) is 1.46. The maximum atomic E-state index is 11.3. The first-order chi connectivity index (χ1) is 19.7. The summed E-state index contributed by atoms with van der Waals surface area (Å²) in [5.41, 5.74) is 2.92. The number of ether oxygens (including phenoxy) is 8. The maximum Gasteiger partial charge on any atom is 0.124 e. The smallest absolute Gasteiger partial charge is 0.124 e. The Bertz CT molecular complexity index is 695. The molecule has 2 aliphatic heterocycles. The fraction of sp³-hybridized carbons (Fsp3) is 0.793. The fourth-order valence-electron chi connectivity index (χ4n) is 4.50. The zero-order valence-corrected chi connectivity index (χ0v) is 24.3. The molecule has 0 bridgehead atoms. The number of benzene rings is 1. The first-order valence-corrected chi connectivity index (χ1v) is 14.6. The van der Waals surface area contributed by atoms with Gasteiger partial charge in [0.15, 0.2) is 0 Å². The molecule has 0 aromatic heterocycles. The van der Waals surface area contributed by atoms with E-state index in [4.69, 9.17) is 37.9 Å². The molecule has 3 rings (SSSR count). The molecule has 2 saturated heterocycles. The Morgan fingerprint density at radius 1 is 0.475 bits per heavy atom. The van der Waals surface area contributed by atoms with E-state index in [1.165, 1.54) is 0 Å². The van der Waals surface area contributed by atoms with Gasteiger partial charge in [-0.25, -0.2) is 0 Å². The maximum absolute atomic E-state index is 11.3. The zero-order valence-electron chi connectivity index (χ0n) is 24.3. The summed E-state index contributed by atoms with van der Waals surface area (Å²) in [4.78, 5) is 4.52. The van der Waals surface area contributed by atoms with Crippen LogP contribution in [-0.4, -0.2) is 147 Å². The lowest BCUT2D eigenvalue weighted by molar-refractivity contribution is 0.00206. The van der Waals surface area contributed by atoms with Crippen LogP contribution < -0.4 is 0 Å². The van der Waals surface area contributed by atoms with E-state index in [0.717, 1.165) is 42.9 Å². The van der Waals surface area contributed by atoms with Crippen LogP contribution >= 0.6 is 0 Å². The minimum absolute atomic E-state index is 0.338. The van der Waals surface area contributed by atoms with Crippen LogP contribution in [0.15, 0.2) is 12.1 Å². The lowest BCUT2D eigenvalue weighted by Crippen LogP contribution is -2.32. The second kappa shape index (κ2) is 21.3. The molecule has 2 heterocycles. The van der Waals surface area contributed by atoms with Gasteiger partial charge in [0.1, 0.15) is 5.75 Å². The third-order valence-electron chi connectivity index (χ3n) is 6.64. The number of phenolic OH excluding ortho intramolecular Hbond substituents is 1. The predicted molar refractivity (Wildman–Crippen MR) is 150 cm³/mol. The highest BCUT2D eigenvalue weighted by Gasteiger charge is 2.16. The van der Waals surface area contributed by atoms with Crippen LogP contribution in [0.5, 0.6) is 5.75 Å². The standard InChI is InChI=1S/C29H50N2O9/c1-26-22-27(24-30-2-6-33-10-14-37-18-19-38-15-11-34-7-3-30)29(32)28(23-26)25-31-4-8-35-12-16-39-20-21-40-17-13-36-9-5-31/h22-23,32H,2-21,24-25H2,1H3. The van der Waals surface area contributed by atoms with Gasteiger partial charge in [-0.05, 0) is 6.92 Å². The molecule has 40 heavy (non-hydrogen) atoms. The van der Waals surface area contributed by atoms with Gasteiger partial charge in [0.25, 0.3) is 0 Å². The molecule has 1 aromatic rings. The normalized spacial score (nSPS) is 22.4. The molecule has 2 aliphatic rings. The third-order valence-corrected chi connectivity index (χ3v) is 6.64. The topological polar surface area (TPSA) is 101 Å². The Labute approximate surface area is 239 Å². The molecular weight excluding hydrogens is 520 g/mol. The molecular formula is C29H50N2O9. The van der Waals surface area contributed by atoms with Crippen molar-refractivity contribution in [1.82, 2.24) is 9.80 Å². The molecule has 0 atom stereocenters. The van der Waals surface area contributed by atoms with Gasteiger partial charge in [-0.2, -0.15) is 0 Å². The first-order valence-electron chi connectivity index (χ1n) is 14.6. The number of rotatable bonds is 4. The summed E-state index contributed by atoms with van der Waals surface area (Å²) in [5, 5.41) is 11.3. The molecule has 0 radical (unpaired) electrons. The van der Waals surface area contributed by atoms with Crippen LogP contribution in [0.1, 0.15) is 16.7 Å². The highest BCUT2D eigenvalue weighted by Crippen LogP contribution is 2.27. The molecule has 0 amide bonds. The molecule has 11 nitrogen and oxygen atoms in total. The number of aromatic hydroxyl groups is 1. The van der Waals surface area contributed by atoms with Gasteiger partial charge in [-0.1, -0.05) is 17.7 Å². The summed E-state index contributed by atoms with van der Waals surface area (Å²) in [5.74, 6) is 0.338. The Balaban J connectivity index is 1.60. The number of phenols is 1. The Kier molecular flexibility index (Phi) is 17.7. The Hall–Kier alpha value is -1.38. The molecule has 2 fully saturated rings. The monoisotopic (exact) mass is 570 g/mol. The summed E-state index contributed by atoms with van der Waals surface area (Å²) in [6, 6.07) is 4.13. The van der Waals surface area contributed by atoms with E-state index in [0.29, 0.717) is 125 Å². The molecule has 0 aliphatic carbocycles. The number of hydrogen-bond donors (Lipinski definition) is 1. The van der Waals surface area contributed by atoms with Gasteiger partial charge in [-0.3, -0.25) is 9.80 Å². The lowest BCUT2D eigenvalue weighted by atomic mass is 10.0. The van der Waals surface area contributed by atoms with Gasteiger partial charge in [-0.15, -0.1) is 0 Å². The SMILES string of the molecule is Cc1cc(CN2CCOCCOCCOCCOCC2)c(O)c(CN2CCOCCOCCOCCOCC2)c1. The molecule has 0 saturated carbocycles. The largest absolute Gasteiger partial charge is 0.507 e. The molecule has 0 spiro atoms. The second-order valence-corrected chi connectivity index (χ2v) is 9.88. The molecule has 1 aromatic carbocycles. The average molecular weight is 571 g/mol. The van der Waals surface area contributed by atoms with Gasteiger partial charge in [0, 0.05) is 50.4 Å². The van der Waals surface area contributed by atoms with Gasteiger partial charge in [0.05, 0.1) is 106 Å². The van der Waals surface area contributed by atoms with E-state index in [-0.39, 0.29) is 0 Å². The number of aryl methyl sites for hydroxylation is 1. The van der Waals surface area contributed by atoms with Crippen molar-refractivity contribution >= 4 is 0 Å². The Morgan fingerprint density at radius 3 is 1.00 bits per heavy atom. The van der Waals surface area contributed by atoms with E-state index >= 15 is 0 Å².